The molecule has 1 aliphatic heterocycles. The summed E-state index contributed by atoms with van der Waals surface area (Å²) in [4.78, 5) is 18.6. The minimum atomic E-state index is -0.280. The van der Waals surface area contributed by atoms with Gasteiger partial charge in [-0.25, -0.2) is 15.0 Å². The van der Waals surface area contributed by atoms with E-state index < -0.39 is 0 Å². The van der Waals surface area contributed by atoms with Gasteiger partial charge in [-0.1, -0.05) is 123 Å². The molecular weight excluding hydrogens is 723 g/mol. The van der Waals surface area contributed by atoms with Crippen LogP contribution in [-0.4, -0.2) is 31.5 Å². The van der Waals surface area contributed by atoms with E-state index >= 15 is 0 Å². The average Bonchev–Trinajstić information content (AvgIpc) is 3.80. The van der Waals surface area contributed by atoms with Gasteiger partial charge in [0.25, 0.3) is 0 Å². The largest absolute Gasteiger partial charge is 0.456 e. The fraction of sp³-hybridized carbons (Fsp3) is 0.226. The molecule has 59 heavy (non-hydrogen) atoms. The Bertz CT molecular complexity index is 3040. The molecule has 4 unspecified atom stereocenters. The Labute approximate surface area is 345 Å². The average molecular weight is 770 g/mol. The van der Waals surface area contributed by atoms with E-state index in [0.29, 0.717) is 11.7 Å². The summed E-state index contributed by atoms with van der Waals surface area (Å²) in [5.74, 6) is 2.92. The molecule has 0 saturated heterocycles. The molecule has 4 aliphatic carbocycles. The quantitative estimate of drug-likeness (QED) is 0.169. The van der Waals surface area contributed by atoms with Gasteiger partial charge in [0.05, 0.1) is 11.0 Å². The van der Waals surface area contributed by atoms with E-state index in [0.717, 1.165) is 98.8 Å². The molecule has 11 rings (SSSR count). The number of rotatable bonds is 6. The van der Waals surface area contributed by atoms with Crippen molar-refractivity contribution in [1.82, 2.24) is 24.4 Å². The number of hydrogen-bond donors (Lipinski definition) is 0. The van der Waals surface area contributed by atoms with Gasteiger partial charge in [0.15, 0.2) is 11.6 Å². The molecule has 4 atom stereocenters. The van der Waals surface area contributed by atoms with Crippen LogP contribution in [0.1, 0.15) is 75.5 Å². The number of para-hydroxylation sites is 2. The number of likely N-dealkylation sites (N-methyl/N-ethyl adjacent to an activating group) is 1. The van der Waals surface area contributed by atoms with Crippen LogP contribution in [0.2, 0.25) is 0 Å². The molecule has 0 amide bonds. The molecule has 6 heteroatoms. The van der Waals surface area contributed by atoms with Crippen molar-refractivity contribution in [3.63, 3.8) is 0 Å². The fourth-order valence-electron chi connectivity index (χ4n) is 9.73. The molecule has 6 aromatic rings. The third kappa shape index (κ3) is 6.12. The lowest BCUT2D eigenvalue weighted by molar-refractivity contribution is 0.320. The van der Waals surface area contributed by atoms with E-state index in [9.17, 15) is 0 Å². The zero-order valence-electron chi connectivity index (χ0n) is 33.8. The van der Waals surface area contributed by atoms with Crippen molar-refractivity contribution in [1.29, 1.82) is 0 Å². The maximum Gasteiger partial charge on any atom is 0.163 e. The summed E-state index contributed by atoms with van der Waals surface area (Å²) in [5.41, 5.74) is 11.2. The van der Waals surface area contributed by atoms with Crippen LogP contribution in [0.25, 0.3) is 54.9 Å². The van der Waals surface area contributed by atoms with E-state index in [1.807, 2.05) is 6.07 Å². The summed E-state index contributed by atoms with van der Waals surface area (Å²) in [6.45, 7) is 4.57. The van der Waals surface area contributed by atoms with Crippen LogP contribution in [0, 0.1) is 11.8 Å². The molecule has 0 bridgehead atoms. The first-order valence-corrected chi connectivity index (χ1v) is 21.3. The summed E-state index contributed by atoms with van der Waals surface area (Å²) in [7, 11) is 2.21. The molecule has 0 radical (unpaired) electrons. The number of nitrogens with zero attached hydrogens (tertiary/aromatic N) is 5. The van der Waals surface area contributed by atoms with Crippen LogP contribution < -0.4 is 0 Å². The molecule has 6 nitrogen and oxygen atoms in total. The van der Waals surface area contributed by atoms with Gasteiger partial charge < -0.3 is 13.9 Å². The van der Waals surface area contributed by atoms with Crippen LogP contribution in [0.5, 0.6) is 0 Å². The number of benzene rings is 3. The highest BCUT2D eigenvalue weighted by atomic mass is 16.3. The maximum absolute atomic E-state index is 6.47. The van der Waals surface area contributed by atoms with Gasteiger partial charge in [-0.2, -0.15) is 0 Å². The number of aromatic nitrogens is 4. The Morgan fingerprint density at radius 2 is 1.42 bits per heavy atom. The standard InChI is InChI=1S/C53H47N5O/c1-33-26-27-39(35-17-6-4-7-18-35)42(28-33)37-29-45(52-55-50(36-19-8-5-9-20-36)54-51(56-52)38-21-11-10-16-34(38)2)53(57(3)32-37)58-46-24-14-12-22-40(46)43-31-49-44(30-47(43)58)41-23-13-15-25-48(41)59-49/h6,8,10-25,27-34,38,53H,4-5,7,9,26H2,1-3H3. The van der Waals surface area contributed by atoms with Gasteiger partial charge in [-0.05, 0) is 96.6 Å². The molecule has 5 aliphatic rings. The Hall–Kier alpha value is -6.53. The summed E-state index contributed by atoms with van der Waals surface area (Å²) in [5, 5.41) is 4.56. The lowest BCUT2D eigenvalue weighted by atomic mass is 9.81. The van der Waals surface area contributed by atoms with Crippen molar-refractivity contribution in [2.45, 2.75) is 58.0 Å². The summed E-state index contributed by atoms with van der Waals surface area (Å²) < 4.78 is 8.97. The van der Waals surface area contributed by atoms with Gasteiger partial charge in [-0.3, -0.25) is 0 Å². The predicted molar refractivity (Wildman–Crippen MR) is 242 cm³/mol. The number of fused-ring (bicyclic) bond motifs is 6. The van der Waals surface area contributed by atoms with Crippen molar-refractivity contribution < 1.29 is 4.42 Å². The minimum Gasteiger partial charge on any atom is -0.456 e. The van der Waals surface area contributed by atoms with Gasteiger partial charge in [0.2, 0.25) is 0 Å². The first-order valence-electron chi connectivity index (χ1n) is 21.3. The zero-order chi connectivity index (χ0) is 39.6. The molecule has 0 saturated carbocycles. The van der Waals surface area contributed by atoms with Crippen molar-refractivity contribution in [2.75, 3.05) is 7.05 Å². The number of hydrogen-bond acceptors (Lipinski definition) is 5. The summed E-state index contributed by atoms with van der Waals surface area (Å²) >= 11 is 0. The third-order valence-corrected chi connectivity index (χ3v) is 12.7. The highest BCUT2D eigenvalue weighted by Crippen LogP contribution is 2.46. The van der Waals surface area contributed by atoms with E-state index in [1.165, 1.54) is 22.1 Å². The molecule has 0 N–H and O–H groups in total. The molecule has 290 valence electrons. The van der Waals surface area contributed by atoms with E-state index in [4.69, 9.17) is 19.4 Å². The van der Waals surface area contributed by atoms with Gasteiger partial charge in [-0.15, -0.1) is 0 Å². The highest BCUT2D eigenvalue weighted by molar-refractivity contribution is 6.16. The van der Waals surface area contributed by atoms with Gasteiger partial charge in [0, 0.05) is 51.9 Å². The highest BCUT2D eigenvalue weighted by Gasteiger charge is 2.34. The van der Waals surface area contributed by atoms with Crippen LogP contribution in [0.3, 0.4) is 0 Å². The molecule has 4 heterocycles. The molecule has 0 fully saturated rings. The second kappa shape index (κ2) is 14.4. The minimum absolute atomic E-state index is 0.0291. The lowest BCUT2D eigenvalue weighted by Gasteiger charge is -2.36. The number of furan rings is 1. The molecule has 3 aromatic carbocycles. The zero-order valence-corrected chi connectivity index (χ0v) is 33.8. The second-order valence-corrected chi connectivity index (χ2v) is 16.8. The Balaban J connectivity index is 1.18. The normalized spacial score (nSPS) is 23.1. The van der Waals surface area contributed by atoms with E-state index in [-0.39, 0.29) is 18.0 Å². The topological polar surface area (TPSA) is 60.0 Å². The Kier molecular flexibility index (Phi) is 8.68. The van der Waals surface area contributed by atoms with Crippen LogP contribution >= 0.6 is 0 Å². The predicted octanol–water partition coefficient (Wildman–Crippen LogP) is 13.0. The first kappa shape index (κ1) is 35.6. The van der Waals surface area contributed by atoms with Crippen molar-refractivity contribution in [2.24, 2.45) is 11.8 Å². The van der Waals surface area contributed by atoms with Crippen LogP contribution in [-0.2, 0) is 0 Å². The summed E-state index contributed by atoms with van der Waals surface area (Å²) in [6.07, 6.45) is 37.0. The number of allylic oxidation sites excluding steroid dienone is 18. The molecule has 0 spiro atoms. The second-order valence-electron chi connectivity index (χ2n) is 16.8. The summed E-state index contributed by atoms with van der Waals surface area (Å²) in [6, 6.07) is 21.7. The molecular formula is C53H47N5O. The SMILES string of the molecule is CC1C=C(C2=CN(C)C(n3c4ccccc4c4cc5oc6ccccc6c5cc43)C(c3nc(C4=CCCC=C4)nc(C4C=CC=CC4C)n3)=C2)C(C2=CCCC=C2)=CC1. The first-order chi connectivity index (χ1) is 29.0. The van der Waals surface area contributed by atoms with E-state index in [2.05, 4.69) is 170 Å². The van der Waals surface area contributed by atoms with Gasteiger partial charge >= 0.3 is 0 Å². The third-order valence-electron chi connectivity index (χ3n) is 12.7. The van der Waals surface area contributed by atoms with Crippen LogP contribution in [0.4, 0.5) is 0 Å². The lowest BCUT2D eigenvalue weighted by Crippen LogP contribution is -2.30. The van der Waals surface area contributed by atoms with Crippen LogP contribution in [0.15, 0.2) is 173 Å². The Morgan fingerprint density at radius 1 is 0.661 bits per heavy atom. The monoisotopic (exact) mass is 769 g/mol. The van der Waals surface area contributed by atoms with E-state index in [1.54, 1.807) is 0 Å². The maximum atomic E-state index is 6.47. The van der Waals surface area contributed by atoms with Gasteiger partial charge in [0.1, 0.15) is 23.2 Å². The van der Waals surface area contributed by atoms with Crippen molar-refractivity contribution in [3.8, 4) is 0 Å². The van der Waals surface area contributed by atoms with Crippen molar-refractivity contribution >= 4 is 54.9 Å². The Morgan fingerprint density at radius 3 is 2.24 bits per heavy atom. The fourth-order valence-corrected chi connectivity index (χ4v) is 9.73. The molecule has 3 aromatic heterocycles. The van der Waals surface area contributed by atoms with Crippen molar-refractivity contribution in [3.05, 3.63) is 186 Å². The smallest absolute Gasteiger partial charge is 0.163 e.